The van der Waals surface area contributed by atoms with Crippen LogP contribution in [0.5, 0.6) is 0 Å². The number of anilines is 1. The van der Waals surface area contributed by atoms with E-state index in [0.29, 0.717) is 17.2 Å². The van der Waals surface area contributed by atoms with E-state index in [1.54, 1.807) is 31.0 Å². The van der Waals surface area contributed by atoms with E-state index in [2.05, 4.69) is 17.3 Å². The summed E-state index contributed by atoms with van der Waals surface area (Å²) in [6.45, 7) is 4.61. The average Bonchev–Trinajstić information content (AvgIpc) is 2.43. The van der Waals surface area contributed by atoms with Crippen molar-refractivity contribution in [2.75, 3.05) is 39.0 Å². The molecule has 1 aliphatic heterocycles. The molecule has 1 N–H and O–H groups in total. The molecule has 2 rings (SSSR count). The monoisotopic (exact) mass is 293 g/mol. The minimum absolute atomic E-state index is 0.144. The molecule has 1 fully saturated rings. The molecule has 5 heteroatoms. The summed E-state index contributed by atoms with van der Waals surface area (Å²) in [6, 6.07) is 4.47. The predicted molar refractivity (Wildman–Crippen MR) is 83.0 cm³/mol. The van der Waals surface area contributed by atoms with Crippen molar-refractivity contribution in [3.05, 3.63) is 29.6 Å². The van der Waals surface area contributed by atoms with Gasteiger partial charge in [-0.1, -0.05) is 0 Å². The second kappa shape index (κ2) is 6.89. The summed E-state index contributed by atoms with van der Waals surface area (Å²) >= 11 is 0. The Bertz CT molecular complexity index is 506. The standard InChI is InChI=1S/C16H24FN3O/c1-12-9-14(6-7-15(12)17)18-16(21)20(3)11-13-5-4-8-19(2)10-13/h6-7,9,13H,4-5,8,10-11H2,1-3H3,(H,18,21). The number of urea groups is 1. The van der Waals surface area contributed by atoms with E-state index in [0.717, 1.165) is 26.1 Å². The summed E-state index contributed by atoms with van der Waals surface area (Å²) in [5.41, 5.74) is 1.16. The van der Waals surface area contributed by atoms with Gasteiger partial charge in [-0.25, -0.2) is 9.18 Å². The van der Waals surface area contributed by atoms with Crippen LogP contribution < -0.4 is 5.32 Å². The van der Waals surface area contributed by atoms with Crippen molar-refractivity contribution in [3.8, 4) is 0 Å². The molecule has 0 radical (unpaired) electrons. The number of carbonyl (C=O) groups excluding carboxylic acids is 1. The first-order valence-electron chi connectivity index (χ1n) is 7.42. The van der Waals surface area contributed by atoms with Crippen LogP contribution in [0.3, 0.4) is 0 Å². The summed E-state index contributed by atoms with van der Waals surface area (Å²) in [5.74, 6) is 0.265. The van der Waals surface area contributed by atoms with E-state index in [1.165, 1.54) is 12.5 Å². The average molecular weight is 293 g/mol. The zero-order valence-electron chi connectivity index (χ0n) is 13.0. The van der Waals surface area contributed by atoms with E-state index >= 15 is 0 Å². The van der Waals surface area contributed by atoms with Gasteiger partial charge in [0, 0.05) is 25.8 Å². The highest BCUT2D eigenvalue weighted by molar-refractivity contribution is 5.89. The Kier molecular flexibility index (Phi) is 5.17. The van der Waals surface area contributed by atoms with Crippen molar-refractivity contribution in [2.45, 2.75) is 19.8 Å². The number of amides is 2. The van der Waals surface area contributed by atoms with Gasteiger partial charge in [0.15, 0.2) is 0 Å². The number of nitrogens with zero attached hydrogens (tertiary/aromatic N) is 2. The van der Waals surface area contributed by atoms with Gasteiger partial charge in [0.1, 0.15) is 5.82 Å². The molecule has 21 heavy (non-hydrogen) atoms. The molecule has 4 nitrogen and oxygen atoms in total. The molecule has 1 aromatic rings. The van der Waals surface area contributed by atoms with E-state index in [9.17, 15) is 9.18 Å². The van der Waals surface area contributed by atoms with Gasteiger partial charge in [-0.2, -0.15) is 0 Å². The third kappa shape index (κ3) is 4.43. The Labute approximate surface area is 125 Å². The van der Waals surface area contributed by atoms with E-state index in [-0.39, 0.29) is 11.8 Å². The van der Waals surface area contributed by atoms with Crippen molar-refractivity contribution in [1.29, 1.82) is 0 Å². The fraction of sp³-hybridized carbons (Fsp3) is 0.562. The zero-order valence-corrected chi connectivity index (χ0v) is 13.0. The fourth-order valence-electron chi connectivity index (χ4n) is 2.83. The number of aryl methyl sites for hydroxylation is 1. The minimum atomic E-state index is -0.258. The third-order valence-corrected chi connectivity index (χ3v) is 4.01. The predicted octanol–water partition coefficient (Wildman–Crippen LogP) is 2.94. The lowest BCUT2D eigenvalue weighted by atomic mass is 9.98. The van der Waals surface area contributed by atoms with E-state index < -0.39 is 0 Å². The fourth-order valence-corrected chi connectivity index (χ4v) is 2.83. The molecule has 1 atom stereocenters. The molecule has 1 heterocycles. The quantitative estimate of drug-likeness (QED) is 0.930. The van der Waals surface area contributed by atoms with Crippen LogP contribution >= 0.6 is 0 Å². The van der Waals surface area contributed by atoms with Crippen molar-refractivity contribution >= 4 is 11.7 Å². The Hall–Kier alpha value is -1.62. The maximum absolute atomic E-state index is 13.2. The highest BCUT2D eigenvalue weighted by Crippen LogP contribution is 2.17. The zero-order chi connectivity index (χ0) is 15.4. The molecular weight excluding hydrogens is 269 g/mol. The number of hydrogen-bond donors (Lipinski definition) is 1. The van der Waals surface area contributed by atoms with Gasteiger partial charge in [-0.05, 0) is 63.0 Å². The van der Waals surface area contributed by atoms with Crippen molar-refractivity contribution in [3.63, 3.8) is 0 Å². The van der Waals surface area contributed by atoms with Gasteiger partial charge in [-0.15, -0.1) is 0 Å². The highest BCUT2D eigenvalue weighted by Gasteiger charge is 2.20. The summed E-state index contributed by atoms with van der Waals surface area (Å²) in [6.07, 6.45) is 2.35. The van der Waals surface area contributed by atoms with Gasteiger partial charge in [0.05, 0.1) is 0 Å². The molecule has 1 unspecified atom stereocenters. The maximum Gasteiger partial charge on any atom is 0.321 e. The number of benzene rings is 1. The van der Waals surface area contributed by atoms with Crippen LogP contribution in [0, 0.1) is 18.7 Å². The lowest BCUT2D eigenvalue weighted by Crippen LogP contribution is -2.41. The number of hydrogen-bond acceptors (Lipinski definition) is 2. The molecule has 0 spiro atoms. The molecular formula is C16H24FN3O. The first kappa shape index (κ1) is 15.8. The number of piperidine rings is 1. The number of carbonyl (C=O) groups is 1. The Balaban J connectivity index is 1.88. The van der Waals surface area contributed by atoms with Crippen molar-refractivity contribution < 1.29 is 9.18 Å². The van der Waals surface area contributed by atoms with Crippen LogP contribution in [0.2, 0.25) is 0 Å². The second-order valence-electron chi connectivity index (χ2n) is 6.05. The minimum Gasteiger partial charge on any atom is -0.327 e. The third-order valence-electron chi connectivity index (χ3n) is 4.01. The summed E-state index contributed by atoms with van der Waals surface area (Å²) in [7, 11) is 3.92. The number of likely N-dealkylation sites (tertiary alicyclic amines) is 1. The second-order valence-corrected chi connectivity index (χ2v) is 6.05. The van der Waals surface area contributed by atoms with Crippen LogP contribution in [0.15, 0.2) is 18.2 Å². The molecule has 0 bridgehead atoms. The van der Waals surface area contributed by atoms with Crippen LogP contribution in [-0.4, -0.2) is 49.6 Å². The summed E-state index contributed by atoms with van der Waals surface area (Å²) in [4.78, 5) is 16.2. The molecule has 0 aromatic heterocycles. The maximum atomic E-state index is 13.2. The SMILES string of the molecule is Cc1cc(NC(=O)N(C)CC2CCCN(C)C2)ccc1F. The number of nitrogens with one attached hydrogen (secondary N) is 1. The van der Waals surface area contributed by atoms with Crippen molar-refractivity contribution in [2.24, 2.45) is 5.92 Å². The summed E-state index contributed by atoms with van der Waals surface area (Å²) in [5, 5.41) is 2.82. The van der Waals surface area contributed by atoms with E-state index in [4.69, 9.17) is 0 Å². The molecule has 2 amide bonds. The number of rotatable bonds is 3. The first-order valence-corrected chi connectivity index (χ1v) is 7.42. The summed E-state index contributed by atoms with van der Waals surface area (Å²) < 4.78 is 13.2. The highest BCUT2D eigenvalue weighted by atomic mass is 19.1. The van der Waals surface area contributed by atoms with Gasteiger partial charge >= 0.3 is 6.03 Å². The first-order chi connectivity index (χ1) is 9.95. The van der Waals surface area contributed by atoms with Crippen LogP contribution in [0.1, 0.15) is 18.4 Å². The van der Waals surface area contributed by atoms with Gasteiger partial charge in [-0.3, -0.25) is 0 Å². The molecule has 1 saturated heterocycles. The van der Waals surface area contributed by atoms with Gasteiger partial charge < -0.3 is 15.1 Å². The smallest absolute Gasteiger partial charge is 0.321 e. The molecule has 116 valence electrons. The normalized spacial score (nSPS) is 19.3. The largest absolute Gasteiger partial charge is 0.327 e. The van der Waals surface area contributed by atoms with E-state index in [1.807, 2.05) is 0 Å². The topological polar surface area (TPSA) is 35.6 Å². The molecule has 0 saturated carbocycles. The molecule has 1 aromatic carbocycles. The molecule has 1 aliphatic rings. The van der Waals surface area contributed by atoms with Crippen LogP contribution in [0.25, 0.3) is 0 Å². The number of halogens is 1. The lowest BCUT2D eigenvalue weighted by Gasteiger charge is -2.32. The van der Waals surface area contributed by atoms with Crippen LogP contribution in [0.4, 0.5) is 14.9 Å². The Morgan fingerprint density at radius 1 is 1.52 bits per heavy atom. The Morgan fingerprint density at radius 2 is 2.29 bits per heavy atom. The molecule has 0 aliphatic carbocycles. The van der Waals surface area contributed by atoms with Crippen molar-refractivity contribution in [1.82, 2.24) is 9.80 Å². The lowest BCUT2D eigenvalue weighted by molar-refractivity contribution is 0.170. The van der Waals surface area contributed by atoms with Gasteiger partial charge in [0.2, 0.25) is 0 Å². The van der Waals surface area contributed by atoms with Gasteiger partial charge in [0.25, 0.3) is 0 Å². The Morgan fingerprint density at radius 3 is 2.95 bits per heavy atom. The van der Waals surface area contributed by atoms with Crippen LogP contribution in [-0.2, 0) is 0 Å².